The summed E-state index contributed by atoms with van der Waals surface area (Å²) in [7, 11) is -2.49. The highest BCUT2D eigenvalue weighted by molar-refractivity contribution is 7.92. The summed E-state index contributed by atoms with van der Waals surface area (Å²) in [4.78, 5) is -0.0846. The van der Waals surface area contributed by atoms with Crippen LogP contribution in [0.15, 0.2) is 71.6 Å². The summed E-state index contributed by atoms with van der Waals surface area (Å²) in [6, 6.07) is 17.3. The van der Waals surface area contributed by atoms with Crippen molar-refractivity contribution in [2.75, 3.05) is 11.4 Å². The van der Waals surface area contributed by atoms with Crippen LogP contribution in [0.4, 0.5) is 10.1 Å². The molecule has 1 unspecified atom stereocenters. The molecule has 0 aliphatic rings. The summed E-state index contributed by atoms with van der Waals surface area (Å²) in [5.41, 5.74) is 2.35. The van der Waals surface area contributed by atoms with Crippen molar-refractivity contribution in [2.45, 2.75) is 24.8 Å². The molecule has 0 heterocycles. The number of hydrogen-bond donors (Lipinski definition) is 0. The first-order valence-electron chi connectivity index (χ1n) is 8.94. The molecule has 0 fully saturated rings. The van der Waals surface area contributed by atoms with Crippen molar-refractivity contribution in [3.8, 4) is 5.75 Å². The molecule has 3 aromatic carbocycles. The summed E-state index contributed by atoms with van der Waals surface area (Å²) in [6.45, 7) is 3.77. The lowest BCUT2D eigenvalue weighted by atomic mass is 10.1. The quantitative estimate of drug-likeness (QED) is 0.497. The van der Waals surface area contributed by atoms with Crippen molar-refractivity contribution in [3.63, 3.8) is 0 Å². The highest BCUT2D eigenvalue weighted by atomic mass is 35.5. The number of benzene rings is 3. The molecule has 3 rings (SSSR count). The van der Waals surface area contributed by atoms with Crippen molar-refractivity contribution in [2.24, 2.45) is 0 Å². The minimum absolute atomic E-state index is 0.0846. The zero-order valence-electron chi connectivity index (χ0n) is 16.3. The number of methoxy groups -OCH3 is 1. The first-order chi connectivity index (χ1) is 13.7. The van der Waals surface area contributed by atoms with E-state index in [0.717, 1.165) is 23.3 Å². The summed E-state index contributed by atoms with van der Waals surface area (Å²) < 4.78 is 47.2. The lowest BCUT2D eigenvalue weighted by Gasteiger charge is -2.31. The predicted molar refractivity (Wildman–Crippen MR) is 114 cm³/mol. The molecule has 0 aliphatic heterocycles. The van der Waals surface area contributed by atoms with Crippen molar-refractivity contribution < 1.29 is 17.5 Å². The number of nitrogens with zero attached hydrogens (tertiary/aromatic N) is 1. The van der Waals surface area contributed by atoms with Gasteiger partial charge in [-0.1, -0.05) is 41.4 Å². The Morgan fingerprint density at radius 1 is 1.00 bits per heavy atom. The van der Waals surface area contributed by atoms with Crippen LogP contribution in [0.1, 0.15) is 24.1 Å². The fourth-order valence-electron chi connectivity index (χ4n) is 3.03. The molecule has 1 atom stereocenters. The van der Waals surface area contributed by atoms with Crippen LogP contribution in [0.2, 0.25) is 5.02 Å². The summed E-state index contributed by atoms with van der Waals surface area (Å²) >= 11 is 5.85. The molecular formula is C22H21ClFNO3S. The predicted octanol–water partition coefficient (Wildman–Crippen LogP) is 5.75. The summed E-state index contributed by atoms with van der Waals surface area (Å²) in [5.74, 6) is -0.0629. The third-order valence-corrected chi connectivity index (χ3v) is 6.87. The van der Waals surface area contributed by atoms with Gasteiger partial charge in [-0.15, -0.1) is 0 Å². The minimum atomic E-state index is -4.03. The number of hydrogen-bond acceptors (Lipinski definition) is 3. The third kappa shape index (κ3) is 4.38. The number of anilines is 1. The van der Waals surface area contributed by atoms with Gasteiger partial charge in [0, 0.05) is 0 Å². The molecule has 7 heteroatoms. The number of sulfonamides is 1. The van der Waals surface area contributed by atoms with E-state index in [9.17, 15) is 12.8 Å². The molecule has 152 valence electrons. The molecule has 0 amide bonds. The lowest BCUT2D eigenvalue weighted by molar-refractivity contribution is 0.415. The van der Waals surface area contributed by atoms with E-state index in [2.05, 4.69) is 0 Å². The van der Waals surface area contributed by atoms with Crippen LogP contribution in [0.3, 0.4) is 0 Å². The maximum atomic E-state index is 13.6. The minimum Gasteiger partial charge on any atom is -0.497 e. The van der Waals surface area contributed by atoms with Gasteiger partial charge in [0.05, 0.1) is 28.8 Å². The number of halogens is 2. The highest BCUT2D eigenvalue weighted by Crippen LogP contribution is 2.35. The first-order valence-corrected chi connectivity index (χ1v) is 10.8. The number of rotatable bonds is 6. The second-order valence-electron chi connectivity index (χ2n) is 6.66. The zero-order chi connectivity index (χ0) is 21.2. The zero-order valence-corrected chi connectivity index (χ0v) is 17.8. The summed E-state index contributed by atoms with van der Waals surface area (Å²) in [6.07, 6.45) is 0. The van der Waals surface area contributed by atoms with Crippen LogP contribution >= 0.6 is 11.6 Å². The Morgan fingerprint density at radius 3 is 2.17 bits per heavy atom. The third-order valence-electron chi connectivity index (χ3n) is 4.69. The van der Waals surface area contributed by atoms with Gasteiger partial charge in [0.2, 0.25) is 0 Å². The molecule has 0 spiro atoms. The Balaban J connectivity index is 2.15. The van der Waals surface area contributed by atoms with Gasteiger partial charge in [-0.25, -0.2) is 12.8 Å². The van der Waals surface area contributed by atoms with E-state index in [-0.39, 0.29) is 9.92 Å². The van der Waals surface area contributed by atoms with E-state index in [0.29, 0.717) is 11.4 Å². The SMILES string of the molecule is COc1ccc(N(C(C)c2ccc(C)cc2)S(=O)(=O)c2ccc(F)c(Cl)c2)cc1. The van der Waals surface area contributed by atoms with Crippen molar-refractivity contribution in [3.05, 3.63) is 88.7 Å². The molecule has 0 saturated carbocycles. The molecule has 0 saturated heterocycles. The van der Waals surface area contributed by atoms with E-state index in [1.165, 1.54) is 10.4 Å². The topological polar surface area (TPSA) is 46.6 Å². The lowest BCUT2D eigenvalue weighted by Crippen LogP contribution is -2.33. The van der Waals surface area contributed by atoms with Gasteiger partial charge >= 0.3 is 0 Å². The molecule has 29 heavy (non-hydrogen) atoms. The van der Waals surface area contributed by atoms with E-state index < -0.39 is 21.9 Å². The molecule has 0 aliphatic carbocycles. The van der Waals surface area contributed by atoms with Gasteiger partial charge in [-0.2, -0.15) is 0 Å². The summed E-state index contributed by atoms with van der Waals surface area (Å²) in [5, 5.41) is -0.247. The Bertz CT molecular complexity index is 1100. The molecular weight excluding hydrogens is 413 g/mol. The number of ether oxygens (including phenoxy) is 1. The smallest absolute Gasteiger partial charge is 0.264 e. The second kappa shape index (κ2) is 8.43. The van der Waals surface area contributed by atoms with Crippen LogP contribution in [0, 0.1) is 12.7 Å². The average Bonchev–Trinajstić information content (AvgIpc) is 2.71. The van der Waals surface area contributed by atoms with E-state index in [1.807, 2.05) is 31.2 Å². The fraction of sp³-hybridized carbons (Fsp3) is 0.182. The molecule has 0 radical (unpaired) electrons. The van der Waals surface area contributed by atoms with E-state index >= 15 is 0 Å². The maximum absolute atomic E-state index is 13.6. The van der Waals surface area contributed by atoms with Crippen LogP contribution in [-0.2, 0) is 10.0 Å². The maximum Gasteiger partial charge on any atom is 0.264 e. The van der Waals surface area contributed by atoms with Crippen molar-refractivity contribution in [1.29, 1.82) is 0 Å². The Labute approximate surface area is 175 Å². The van der Waals surface area contributed by atoms with Crippen molar-refractivity contribution in [1.82, 2.24) is 0 Å². The van der Waals surface area contributed by atoms with Crippen LogP contribution < -0.4 is 9.04 Å². The van der Waals surface area contributed by atoms with Crippen LogP contribution in [0.25, 0.3) is 0 Å². The molecule has 0 N–H and O–H groups in total. The van der Waals surface area contributed by atoms with Gasteiger partial charge in [-0.3, -0.25) is 4.31 Å². The second-order valence-corrected chi connectivity index (χ2v) is 8.88. The van der Waals surface area contributed by atoms with Gasteiger partial charge in [0.15, 0.2) is 0 Å². The monoisotopic (exact) mass is 433 g/mol. The Hall–Kier alpha value is -2.57. The fourth-order valence-corrected chi connectivity index (χ4v) is 4.95. The molecule has 3 aromatic rings. The normalized spacial score (nSPS) is 12.4. The average molecular weight is 434 g/mol. The number of aryl methyl sites for hydroxylation is 1. The van der Waals surface area contributed by atoms with Crippen LogP contribution in [0.5, 0.6) is 5.75 Å². The molecule has 0 aromatic heterocycles. The molecule has 4 nitrogen and oxygen atoms in total. The Morgan fingerprint density at radius 2 is 1.62 bits per heavy atom. The van der Waals surface area contributed by atoms with Gasteiger partial charge in [0.1, 0.15) is 11.6 Å². The van der Waals surface area contributed by atoms with Gasteiger partial charge < -0.3 is 4.74 Å². The largest absolute Gasteiger partial charge is 0.497 e. The van der Waals surface area contributed by atoms with Crippen molar-refractivity contribution >= 4 is 27.3 Å². The van der Waals surface area contributed by atoms with Gasteiger partial charge in [0.25, 0.3) is 10.0 Å². The molecule has 0 bridgehead atoms. The first kappa shape index (κ1) is 21.1. The highest BCUT2D eigenvalue weighted by Gasteiger charge is 2.31. The van der Waals surface area contributed by atoms with E-state index in [1.54, 1.807) is 38.3 Å². The van der Waals surface area contributed by atoms with Crippen LogP contribution in [-0.4, -0.2) is 15.5 Å². The van der Waals surface area contributed by atoms with E-state index in [4.69, 9.17) is 16.3 Å². The standard InChI is InChI=1S/C22H21ClFNO3S/c1-15-4-6-17(7-5-15)16(2)25(18-8-10-19(28-3)11-9-18)29(26,27)20-12-13-22(24)21(23)14-20/h4-14,16H,1-3H3. The van der Waals surface area contributed by atoms with Gasteiger partial charge in [-0.05, 0) is 61.9 Å². The Kier molecular flexibility index (Phi) is 6.15.